The van der Waals surface area contributed by atoms with Crippen molar-refractivity contribution >= 4 is 69.1 Å². The molecule has 8 rings (SSSR count). The first-order valence-corrected chi connectivity index (χ1v) is 19.4. The van der Waals surface area contributed by atoms with Gasteiger partial charge in [0.05, 0.1) is 65.3 Å². The van der Waals surface area contributed by atoms with Crippen molar-refractivity contribution in [3.05, 3.63) is 165 Å². The van der Waals surface area contributed by atoms with Gasteiger partial charge in [-0.3, -0.25) is 24.1 Å². The van der Waals surface area contributed by atoms with Crippen LogP contribution in [0, 0.1) is 0 Å². The number of methoxy groups -OCH3 is 2. The zero-order chi connectivity index (χ0) is 44.2. The van der Waals surface area contributed by atoms with Crippen LogP contribution >= 0.6 is 0 Å². The molecule has 2 heterocycles. The number of esters is 4. The van der Waals surface area contributed by atoms with Crippen LogP contribution in [0.15, 0.2) is 109 Å². The van der Waals surface area contributed by atoms with Crippen LogP contribution in [-0.2, 0) is 25.4 Å². The molecule has 0 N–H and O–H groups in total. The Labute approximate surface area is 354 Å². The van der Waals surface area contributed by atoms with Crippen LogP contribution in [-0.4, -0.2) is 91.4 Å². The zero-order valence-electron chi connectivity index (χ0n) is 34.0. The molecule has 0 saturated heterocycles. The highest BCUT2D eigenvalue weighted by molar-refractivity contribution is 6.22. The lowest BCUT2D eigenvalue weighted by Crippen LogP contribution is -2.33. The van der Waals surface area contributed by atoms with E-state index in [2.05, 4.69) is 4.74 Å². The lowest BCUT2D eigenvalue weighted by atomic mass is 9.98. The fourth-order valence-corrected chi connectivity index (χ4v) is 7.19. The van der Waals surface area contributed by atoms with E-state index in [-0.39, 0.29) is 47.0 Å². The molecule has 6 aromatic carbocycles. The maximum absolute atomic E-state index is 13.1. The number of hydrogen-bond acceptors (Lipinski definition) is 12. The standard InChI is InChI=1S/C33H24N2O8.C15H14O4/c1-3-34-28(36)24-10-4-18(13-26(24)30(34)38)12-19-5-11-25-27(14-19)31(39)35(29(25)37)17-43-33(41)23-9-7-20-15-22(32(40)42-2)8-6-21(20)16-23;1-3-19-15(17)13-7-5-10-8-12(14(16)18-2)6-4-11(10)9-13/h4-11,13-16H,3,12,17H2,1-2H3;4-9H,3H2,1-2H3. The highest BCUT2D eigenvalue weighted by atomic mass is 16.5. The summed E-state index contributed by atoms with van der Waals surface area (Å²) in [5.74, 6) is -3.72. The van der Waals surface area contributed by atoms with E-state index in [1.165, 1.54) is 25.2 Å². The minimum absolute atomic E-state index is 0.190. The van der Waals surface area contributed by atoms with E-state index in [9.17, 15) is 38.4 Å². The third-order valence-corrected chi connectivity index (χ3v) is 10.4. The van der Waals surface area contributed by atoms with Crippen LogP contribution in [0.1, 0.15) is 108 Å². The molecule has 0 unspecified atom stereocenters. The van der Waals surface area contributed by atoms with E-state index in [0.29, 0.717) is 46.2 Å². The maximum Gasteiger partial charge on any atom is 0.339 e. The first-order chi connectivity index (χ1) is 29.8. The van der Waals surface area contributed by atoms with Crippen LogP contribution in [0.3, 0.4) is 0 Å². The number of hydrogen-bond donors (Lipinski definition) is 0. The Balaban J connectivity index is 0.000000254. The minimum Gasteiger partial charge on any atom is -0.465 e. The lowest BCUT2D eigenvalue weighted by Gasteiger charge is -2.14. The predicted octanol–water partition coefficient (Wildman–Crippen LogP) is 7.05. The highest BCUT2D eigenvalue weighted by Crippen LogP contribution is 2.28. The molecule has 0 saturated carbocycles. The second-order valence-electron chi connectivity index (χ2n) is 14.1. The van der Waals surface area contributed by atoms with E-state index < -0.39 is 30.5 Å². The van der Waals surface area contributed by atoms with Crippen molar-refractivity contribution in [3.63, 3.8) is 0 Å². The summed E-state index contributed by atoms with van der Waals surface area (Å²) in [7, 11) is 2.64. The van der Waals surface area contributed by atoms with Crippen LogP contribution in [0.25, 0.3) is 21.5 Å². The summed E-state index contributed by atoms with van der Waals surface area (Å²) in [5.41, 5.74) is 4.19. The first kappa shape index (κ1) is 42.1. The Hall–Kier alpha value is -8.00. The molecule has 14 heteroatoms. The average molecular weight is 835 g/mol. The predicted molar refractivity (Wildman–Crippen MR) is 224 cm³/mol. The molecule has 312 valence electrons. The zero-order valence-corrected chi connectivity index (χ0v) is 34.0. The van der Waals surface area contributed by atoms with Crippen molar-refractivity contribution in [1.82, 2.24) is 9.80 Å². The molecular formula is C48H38N2O12. The Kier molecular flexibility index (Phi) is 12.0. The van der Waals surface area contributed by atoms with Gasteiger partial charge in [0, 0.05) is 6.54 Å². The molecule has 0 fully saturated rings. The van der Waals surface area contributed by atoms with Crippen LogP contribution in [0.5, 0.6) is 0 Å². The monoisotopic (exact) mass is 834 g/mol. The molecule has 14 nitrogen and oxygen atoms in total. The van der Waals surface area contributed by atoms with Crippen LogP contribution in [0.4, 0.5) is 0 Å². The molecule has 0 aliphatic carbocycles. The van der Waals surface area contributed by atoms with Gasteiger partial charge >= 0.3 is 23.9 Å². The Morgan fingerprint density at radius 3 is 1.21 bits per heavy atom. The topological polar surface area (TPSA) is 180 Å². The van der Waals surface area contributed by atoms with Gasteiger partial charge in [-0.1, -0.05) is 36.4 Å². The molecule has 6 aromatic rings. The molecular weight excluding hydrogens is 797 g/mol. The second-order valence-corrected chi connectivity index (χ2v) is 14.1. The van der Waals surface area contributed by atoms with Gasteiger partial charge in [0.2, 0.25) is 0 Å². The molecule has 0 aromatic heterocycles. The van der Waals surface area contributed by atoms with Crippen molar-refractivity contribution < 1.29 is 57.3 Å². The van der Waals surface area contributed by atoms with E-state index in [1.807, 2.05) is 0 Å². The van der Waals surface area contributed by atoms with Crippen molar-refractivity contribution in [3.8, 4) is 0 Å². The molecule has 2 aliphatic heterocycles. The van der Waals surface area contributed by atoms with E-state index in [1.54, 1.807) is 117 Å². The number of rotatable bonds is 10. The summed E-state index contributed by atoms with van der Waals surface area (Å²) in [5, 5.41) is 3.16. The highest BCUT2D eigenvalue weighted by Gasteiger charge is 2.37. The van der Waals surface area contributed by atoms with Gasteiger partial charge in [0.1, 0.15) is 0 Å². The summed E-state index contributed by atoms with van der Waals surface area (Å²) < 4.78 is 19.7. The number of nitrogens with zero attached hydrogens (tertiary/aromatic N) is 2. The fraction of sp³-hybridized carbons (Fsp3) is 0.167. The van der Waals surface area contributed by atoms with Gasteiger partial charge < -0.3 is 18.9 Å². The third-order valence-electron chi connectivity index (χ3n) is 10.4. The maximum atomic E-state index is 13.1. The largest absolute Gasteiger partial charge is 0.465 e. The number of carbonyl (C=O) groups is 8. The molecule has 0 bridgehead atoms. The van der Waals surface area contributed by atoms with Gasteiger partial charge in [-0.05, 0) is 126 Å². The van der Waals surface area contributed by atoms with E-state index >= 15 is 0 Å². The second kappa shape index (κ2) is 17.7. The molecule has 62 heavy (non-hydrogen) atoms. The number of ether oxygens (including phenoxy) is 4. The summed E-state index contributed by atoms with van der Waals surface area (Å²) in [4.78, 5) is 101. The quantitative estimate of drug-likeness (QED) is 0.0781. The summed E-state index contributed by atoms with van der Waals surface area (Å²) in [6, 6.07) is 30.1. The summed E-state index contributed by atoms with van der Waals surface area (Å²) in [6.07, 6.45) is 0.369. The van der Waals surface area contributed by atoms with Gasteiger partial charge in [-0.2, -0.15) is 0 Å². The molecule has 4 amide bonds. The lowest BCUT2D eigenvalue weighted by molar-refractivity contribution is 0.0226. The number of carbonyl (C=O) groups excluding carboxylic acids is 8. The minimum atomic E-state index is -0.720. The molecule has 2 aliphatic rings. The smallest absolute Gasteiger partial charge is 0.339 e. The van der Waals surface area contributed by atoms with Gasteiger partial charge in [0.25, 0.3) is 23.6 Å². The van der Waals surface area contributed by atoms with Gasteiger partial charge in [0.15, 0.2) is 6.73 Å². The Morgan fingerprint density at radius 2 is 0.806 bits per heavy atom. The number of amides is 4. The van der Waals surface area contributed by atoms with Gasteiger partial charge in [-0.15, -0.1) is 0 Å². The summed E-state index contributed by atoms with van der Waals surface area (Å²) >= 11 is 0. The van der Waals surface area contributed by atoms with Crippen molar-refractivity contribution in [2.45, 2.75) is 20.3 Å². The van der Waals surface area contributed by atoms with E-state index in [4.69, 9.17) is 14.2 Å². The third kappa shape index (κ3) is 8.26. The first-order valence-electron chi connectivity index (χ1n) is 19.4. The number of fused-ring (bicyclic) bond motifs is 4. The average Bonchev–Trinajstić information content (AvgIpc) is 3.68. The fourth-order valence-electron chi connectivity index (χ4n) is 7.19. The SMILES string of the molecule is CCN1C(=O)c2ccc(Cc3ccc4c(c3)C(=O)N(COC(=O)c3ccc5cc(C(=O)OC)ccc5c3)C4=O)cc2C1=O.CCOC(=O)c1ccc2cc(C(=O)OC)ccc2c1. The number of benzene rings is 6. The molecule has 0 spiro atoms. The normalized spacial score (nSPS) is 12.8. The van der Waals surface area contributed by atoms with Crippen molar-refractivity contribution in [1.29, 1.82) is 0 Å². The van der Waals surface area contributed by atoms with Crippen molar-refractivity contribution in [2.24, 2.45) is 0 Å². The molecule has 0 radical (unpaired) electrons. The Bertz CT molecular complexity index is 2880. The van der Waals surface area contributed by atoms with E-state index in [0.717, 1.165) is 32.2 Å². The molecule has 0 atom stereocenters. The Morgan fingerprint density at radius 1 is 0.435 bits per heavy atom. The van der Waals surface area contributed by atoms with Crippen LogP contribution in [0.2, 0.25) is 0 Å². The van der Waals surface area contributed by atoms with Crippen LogP contribution < -0.4 is 0 Å². The van der Waals surface area contributed by atoms with Crippen molar-refractivity contribution in [2.75, 3.05) is 34.1 Å². The van der Waals surface area contributed by atoms with Gasteiger partial charge in [-0.25, -0.2) is 24.1 Å². The number of imide groups is 2. The summed E-state index contributed by atoms with van der Waals surface area (Å²) in [6.45, 7) is 3.58.